The van der Waals surface area contributed by atoms with Crippen LogP contribution in [-0.2, 0) is 19.1 Å². The number of carbonyl (C=O) groups is 2. The van der Waals surface area contributed by atoms with Crippen molar-refractivity contribution in [3.63, 3.8) is 0 Å². The van der Waals surface area contributed by atoms with Gasteiger partial charge in [0.25, 0.3) is 0 Å². The number of ether oxygens (including phenoxy) is 2. The van der Waals surface area contributed by atoms with Gasteiger partial charge in [-0.15, -0.1) is 0 Å². The van der Waals surface area contributed by atoms with Gasteiger partial charge in [0.15, 0.2) is 0 Å². The largest absolute Gasteiger partial charge is 0.466 e. The van der Waals surface area contributed by atoms with Gasteiger partial charge in [0.05, 0.1) is 13.0 Å². The molecule has 0 aliphatic rings. The van der Waals surface area contributed by atoms with Gasteiger partial charge < -0.3 is 9.47 Å². The highest BCUT2D eigenvalue weighted by Crippen LogP contribution is 2.06. The lowest BCUT2D eigenvalue weighted by molar-refractivity contribution is -0.153. The lowest BCUT2D eigenvalue weighted by Gasteiger charge is -2.14. The molecule has 0 fully saturated rings. The Bertz CT molecular complexity index is 206. The predicted molar refractivity (Wildman–Crippen MR) is 64.9 cm³/mol. The molecule has 1 unspecified atom stereocenters. The summed E-state index contributed by atoms with van der Waals surface area (Å²) >= 11 is 2.09. The van der Waals surface area contributed by atoms with Crippen LogP contribution in [0, 0.1) is 0 Å². The van der Waals surface area contributed by atoms with Gasteiger partial charge in [-0.25, -0.2) is 0 Å². The van der Waals surface area contributed by atoms with E-state index in [1.54, 1.807) is 6.92 Å². The summed E-state index contributed by atoms with van der Waals surface area (Å²) in [5, 5.41) is 0. The van der Waals surface area contributed by atoms with Crippen LogP contribution in [0.2, 0.25) is 0 Å². The standard InChI is InChI=1S/C10H17IO4/c1-3-5-14-10(13)6-8(7-11)15-9(12)4-2/h8H,3-7H2,1-2H3. The van der Waals surface area contributed by atoms with E-state index < -0.39 is 0 Å². The molecule has 0 spiro atoms. The Balaban J connectivity index is 3.87. The topological polar surface area (TPSA) is 52.6 Å². The summed E-state index contributed by atoms with van der Waals surface area (Å²) in [6.07, 6.45) is 0.920. The summed E-state index contributed by atoms with van der Waals surface area (Å²) in [5.41, 5.74) is 0. The fourth-order valence-electron chi connectivity index (χ4n) is 0.858. The van der Waals surface area contributed by atoms with Gasteiger partial charge in [-0.05, 0) is 6.42 Å². The Morgan fingerprint density at radius 1 is 1.27 bits per heavy atom. The van der Waals surface area contributed by atoms with E-state index in [1.807, 2.05) is 6.92 Å². The molecule has 5 heteroatoms. The Hall–Kier alpha value is -0.330. The van der Waals surface area contributed by atoms with Crippen LogP contribution in [0.4, 0.5) is 0 Å². The van der Waals surface area contributed by atoms with Crippen molar-refractivity contribution in [1.82, 2.24) is 0 Å². The fourth-order valence-corrected chi connectivity index (χ4v) is 1.35. The highest BCUT2D eigenvalue weighted by Gasteiger charge is 2.17. The van der Waals surface area contributed by atoms with Crippen LogP contribution in [0.5, 0.6) is 0 Å². The van der Waals surface area contributed by atoms with Crippen molar-refractivity contribution < 1.29 is 19.1 Å². The number of alkyl halides is 1. The van der Waals surface area contributed by atoms with Crippen molar-refractivity contribution in [2.24, 2.45) is 0 Å². The molecule has 0 heterocycles. The molecular formula is C10H17IO4. The second-order valence-electron chi connectivity index (χ2n) is 3.04. The Morgan fingerprint density at radius 3 is 2.40 bits per heavy atom. The molecule has 0 amide bonds. The van der Waals surface area contributed by atoms with E-state index in [2.05, 4.69) is 22.6 Å². The number of rotatable bonds is 7. The normalized spacial score (nSPS) is 11.9. The van der Waals surface area contributed by atoms with Gasteiger partial charge in [0.1, 0.15) is 6.10 Å². The van der Waals surface area contributed by atoms with Crippen molar-refractivity contribution >= 4 is 34.5 Å². The second-order valence-corrected chi connectivity index (χ2v) is 3.93. The van der Waals surface area contributed by atoms with E-state index in [0.717, 1.165) is 6.42 Å². The summed E-state index contributed by atoms with van der Waals surface area (Å²) in [6, 6.07) is 0. The lowest BCUT2D eigenvalue weighted by atomic mass is 10.3. The number of halogens is 1. The SMILES string of the molecule is CCCOC(=O)CC(CI)OC(=O)CC. The fraction of sp³-hybridized carbons (Fsp3) is 0.800. The zero-order chi connectivity index (χ0) is 11.7. The van der Waals surface area contributed by atoms with Crippen molar-refractivity contribution in [1.29, 1.82) is 0 Å². The Kier molecular flexibility index (Phi) is 8.74. The van der Waals surface area contributed by atoms with Gasteiger partial charge in [0, 0.05) is 10.8 Å². The minimum Gasteiger partial charge on any atom is -0.466 e. The van der Waals surface area contributed by atoms with Crippen molar-refractivity contribution in [3.05, 3.63) is 0 Å². The van der Waals surface area contributed by atoms with Crippen LogP contribution >= 0.6 is 22.6 Å². The Labute approximate surface area is 104 Å². The van der Waals surface area contributed by atoms with Crippen molar-refractivity contribution in [2.75, 3.05) is 11.0 Å². The quantitative estimate of drug-likeness (QED) is 0.408. The summed E-state index contributed by atoms with van der Waals surface area (Å²) < 4.78 is 10.6. The first-order valence-electron chi connectivity index (χ1n) is 5.05. The van der Waals surface area contributed by atoms with E-state index >= 15 is 0 Å². The molecule has 0 aliphatic heterocycles. The van der Waals surface area contributed by atoms with Crippen molar-refractivity contribution in [3.8, 4) is 0 Å². The minimum absolute atomic E-state index is 0.147. The molecule has 15 heavy (non-hydrogen) atoms. The van der Waals surface area contributed by atoms with Crippen LogP contribution in [0.15, 0.2) is 0 Å². The monoisotopic (exact) mass is 328 g/mol. The molecule has 4 nitrogen and oxygen atoms in total. The zero-order valence-corrected chi connectivity index (χ0v) is 11.3. The minimum atomic E-state index is -0.359. The molecule has 0 aromatic heterocycles. The number of hydrogen-bond acceptors (Lipinski definition) is 4. The zero-order valence-electron chi connectivity index (χ0n) is 9.12. The average Bonchev–Trinajstić information content (AvgIpc) is 2.25. The summed E-state index contributed by atoms with van der Waals surface area (Å²) in [6.45, 7) is 4.08. The molecule has 0 rings (SSSR count). The average molecular weight is 328 g/mol. The van der Waals surface area contributed by atoms with Gasteiger partial charge in [0.2, 0.25) is 0 Å². The van der Waals surface area contributed by atoms with E-state index in [0.29, 0.717) is 17.5 Å². The van der Waals surface area contributed by atoms with Crippen LogP contribution in [0.25, 0.3) is 0 Å². The Morgan fingerprint density at radius 2 is 1.93 bits per heavy atom. The van der Waals surface area contributed by atoms with Gasteiger partial charge in [-0.1, -0.05) is 36.4 Å². The molecule has 0 aromatic rings. The maximum absolute atomic E-state index is 11.2. The number of carbonyl (C=O) groups excluding carboxylic acids is 2. The van der Waals surface area contributed by atoms with E-state index in [-0.39, 0.29) is 24.5 Å². The summed E-state index contributed by atoms with van der Waals surface area (Å²) in [4.78, 5) is 22.2. The first-order valence-corrected chi connectivity index (χ1v) is 6.57. The summed E-state index contributed by atoms with van der Waals surface area (Å²) in [5.74, 6) is -0.581. The third kappa shape index (κ3) is 7.58. The maximum atomic E-state index is 11.2. The van der Waals surface area contributed by atoms with Crippen LogP contribution < -0.4 is 0 Å². The van der Waals surface area contributed by atoms with Crippen LogP contribution in [0.3, 0.4) is 0 Å². The predicted octanol–water partition coefficient (Wildman–Crippen LogP) is 2.09. The van der Waals surface area contributed by atoms with Gasteiger partial charge in [-0.3, -0.25) is 9.59 Å². The molecule has 0 saturated carbocycles. The number of hydrogen-bond donors (Lipinski definition) is 0. The third-order valence-corrected chi connectivity index (χ3v) is 2.60. The van der Waals surface area contributed by atoms with Crippen molar-refractivity contribution in [2.45, 2.75) is 39.2 Å². The lowest BCUT2D eigenvalue weighted by Crippen LogP contribution is -2.23. The summed E-state index contributed by atoms with van der Waals surface area (Å²) in [7, 11) is 0. The molecule has 0 aromatic carbocycles. The highest BCUT2D eigenvalue weighted by atomic mass is 127. The smallest absolute Gasteiger partial charge is 0.309 e. The first-order chi connectivity index (χ1) is 7.13. The molecule has 0 aliphatic carbocycles. The molecule has 0 radical (unpaired) electrons. The molecule has 0 saturated heterocycles. The van der Waals surface area contributed by atoms with Crippen LogP contribution in [0.1, 0.15) is 33.1 Å². The third-order valence-electron chi connectivity index (χ3n) is 1.62. The first kappa shape index (κ1) is 14.7. The van der Waals surface area contributed by atoms with E-state index in [9.17, 15) is 9.59 Å². The second kappa shape index (κ2) is 8.94. The van der Waals surface area contributed by atoms with Gasteiger partial charge in [-0.2, -0.15) is 0 Å². The van der Waals surface area contributed by atoms with Crippen LogP contribution in [-0.4, -0.2) is 29.1 Å². The molecular weight excluding hydrogens is 311 g/mol. The molecule has 88 valence electrons. The molecule has 0 bridgehead atoms. The highest BCUT2D eigenvalue weighted by molar-refractivity contribution is 14.1. The van der Waals surface area contributed by atoms with E-state index in [4.69, 9.17) is 9.47 Å². The molecule has 0 N–H and O–H groups in total. The van der Waals surface area contributed by atoms with E-state index in [1.165, 1.54) is 0 Å². The maximum Gasteiger partial charge on any atom is 0.309 e. The molecule has 1 atom stereocenters. The number of esters is 2. The van der Waals surface area contributed by atoms with Gasteiger partial charge >= 0.3 is 11.9 Å².